The standard InChI is InChI=1S/C17H14F3N3/c18-17(19,20)14-2-1-3-15-13(8-14)10-22-16(23-15)12-6-4-11(9-21)5-7-12/h4-7,10,14H,1-3,8H2. The molecule has 1 heterocycles. The molecule has 6 heteroatoms. The summed E-state index contributed by atoms with van der Waals surface area (Å²) in [5, 5.41) is 8.81. The van der Waals surface area contributed by atoms with Crippen molar-refractivity contribution in [1.29, 1.82) is 5.26 Å². The highest BCUT2D eigenvalue weighted by Crippen LogP contribution is 2.36. The van der Waals surface area contributed by atoms with Crippen molar-refractivity contribution in [3.8, 4) is 17.5 Å². The van der Waals surface area contributed by atoms with Gasteiger partial charge in [-0.25, -0.2) is 9.97 Å². The minimum atomic E-state index is -4.17. The smallest absolute Gasteiger partial charge is 0.236 e. The fourth-order valence-electron chi connectivity index (χ4n) is 2.82. The molecule has 0 saturated heterocycles. The van der Waals surface area contributed by atoms with Crippen LogP contribution in [0.5, 0.6) is 0 Å². The molecule has 0 N–H and O–H groups in total. The van der Waals surface area contributed by atoms with E-state index in [4.69, 9.17) is 5.26 Å². The van der Waals surface area contributed by atoms with E-state index in [-0.39, 0.29) is 12.8 Å². The number of aryl methyl sites for hydroxylation is 1. The minimum Gasteiger partial charge on any atom is -0.236 e. The van der Waals surface area contributed by atoms with Gasteiger partial charge in [-0.3, -0.25) is 0 Å². The summed E-state index contributed by atoms with van der Waals surface area (Å²) in [7, 11) is 0. The Kier molecular flexibility index (Phi) is 4.03. The zero-order chi connectivity index (χ0) is 16.4. The zero-order valence-electron chi connectivity index (χ0n) is 12.3. The summed E-state index contributed by atoms with van der Waals surface area (Å²) in [4.78, 5) is 8.67. The van der Waals surface area contributed by atoms with E-state index < -0.39 is 12.1 Å². The third kappa shape index (κ3) is 3.34. The Hall–Kier alpha value is -2.42. The van der Waals surface area contributed by atoms with Crippen molar-refractivity contribution < 1.29 is 13.2 Å². The second kappa shape index (κ2) is 5.99. The molecule has 0 radical (unpaired) electrons. The second-order valence-corrected chi connectivity index (χ2v) is 5.69. The predicted octanol–water partition coefficient (Wildman–Crippen LogP) is 4.07. The number of nitrogens with zero attached hydrogens (tertiary/aromatic N) is 3. The summed E-state index contributed by atoms with van der Waals surface area (Å²) < 4.78 is 38.9. The van der Waals surface area contributed by atoms with Gasteiger partial charge in [-0.1, -0.05) is 0 Å². The van der Waals surface area contributed by atoms with Crippen molar-refractivity contribution in [2.75, 3.05) is 0 Å². The monoisotopic (exact) mass is 317 g/mol. The third-order valence-electron chi connectivity index (χ3n) is 4.12. The van der Waals surface area contributed by atoms with Crippen LogP contribution in [0.25, 0.3) is 11.4 Å². The molecule has 1 aromatic heterocycles. The maximum Gasteiger partial charge on any atom is 0.392 e. The van der Waals surface area contributed by atoms with Gasteiger partial charge in [0.2, 0.25) is 0 Å². The van der Waals surface area contributed by atoms with Gasteiger partial charge in [-0.2, -0.15) is 18.4 Å². The Bertz CT molecular complexity index is 745. The maximum absolute atomic E-state index is 13.0. The van der Waals surface area contributed by atoms with Gasteiger partial charge in [0.15, 0.2) is 5.82 Å². The number of alkyl halides is 3. The van der Waals surface area contributed by atoms with Crippen LogP contribution in [0.3, 0.4) is 0 Å². The molecule has 0 aliphatic heterocycles. The fraction of sp³-hybridized carbons (Fsp3) is 0.353. The maximum atomic E-state index is 13.0. The summed E-state index contributed by atoms with van der Waals surface area (Å²) in [6.45, 7) is 0. The molecule has 118 valence electrons. The van der Waals surface area contributed by atoms with Crippen molar-refractivity contribution in [3.63, 3.8) is 0 Å². The lowest BCUT2D eigenvalue weighted by atomic mass is 9.98. The van der Waals surface area contributed by atoms with Crippen LogP contribution < -0.4 is 0 Å². The van der Waals surface area contributed by atoms with Crippen molar-refractivity contribution in [3.05, 3.63) is 47.3 Å². The predicted molar refractivity (Wildman–Crippen MR) is 78.4 cm³/mol. The van der Waals surface area contributed by atoms with E-state index in [2.05, 4.69) is 9.97 Å². The lowest BCUT2D eigenvalue weighted by molar-refractivity contribution is -0.175. The normalized spacial score (nSPS) is 17.9. The third-order valence-corrected chi connectivity index (χ3v) is 4.12. The van der Waals surface area contributed by atoms with E-state index in [1.165, 1.54) is 6.20 Å². The summed E-state index contributed by atoms with van der Waals surface area (Å²) in [6.07, 6.45) is -1.57. The number of benzene rings is 1. The lowest BCUT2D eigenvalue weighted by Crippen LogP contribution is -2.24. The first kappa shape index (κ1) is 15.5. The molecule has 0 amide bonds. The van der Waals surface area contributed by atoms with Gasteiger partial charge < -0.3 is 0 Å². The van der Waals surface area contributed by atoms with Crippen LogP contribution in [0.2, 0.25) is 0 Å². The summed E-state index contributed by atoms with van der Waals surface area (Å²) in [6, 6.07) is 8.87. The van der Waals surface area contributed by atoms with E-state index in [1.54, 1.807) is 24.3 Å². The fourth-order valence-corrected chi connectivity index (χ4v) is 2.82. The quantitative estimate of drug-likeness (QED) is 0.745. The highest BCUT2D eigenvalue weighted by molar-refractivity contribution is 5.56. The van der Waals surface area contributed by atoms with E-state index in [1.807, 2.05) is 6.07 Å². The highest BCUT2D eigenvalue weighted by atomic mass is 19.4. The first-order chi connectivity index (χ1) is 11.0. The highest BCUT2D eigenvalue weighted by Gasteiger charge is 2.40. The van der Waals surface area contributed by atoms with Crippen molar-refractivity contribution in [1.82, 2.24) is 9.97 Å². The molecule has 3 rings (SSSR count). The van der Waals surface area contributed by atoms with Crippen molar-refractivity contribution in [2.45, 2.75) is 31.9 Å². The zero-order valence-corrected chi connectivity index (χ0v) is 12.3. The Morgan fingerprint density at radius 3 is 2.57 bits per heavy atom. The average Bonchev–Trinajstić information content (AvgIpc) is 2.76. The minimum absolute atomic E-state index is 0.0491. The van der Waals surface area contributed by atoms with Crippen LogP contribution in [0.1, 0.15) is 29.7 Å². The molecular formula is C17H14F3N3. The Labute approximate surface area is 131 Å². The van der Waals surface area contributed by atoms with E-state index in [0.29, 0.717) is 35.5 Å². The van der Waals surface area contributed by atoms with Gasteiger partial charge in [0.05, 0.1) is 17.6 Å². The molecule has 0 fully saturated rings. The number of aromatic nitrogens is 2. The molecule has 23 heavy (non-hydrogen) atoms. The Morgan fingerprint density at radius 1 is 1.17 bits per heavy atom. The lowest BCUT2D eigenvalue weighted by Gasteiger charge is -2.18. The SMILES string of the molecule is N#Cc1ccc(-c2ncc3c(n2)CCCC(C(F)(F)F)C3)cc1. The van der Waals surface area contributed by atoms with Gasteiger partial charge >= 0.3 is 6.18 Å². The van der Waals surface area contributed by atoms with Crippen LogP contribution in [0.15, 0.2) is 30.5 Å². The van der Waals surface area contributed by atoms with E-state index >= 15 is 0 Å². The van der Waals surface area contributed by atoms with Crippen molar-refractivity contribution in [2.24, 2.45) is 5.92 Å². The molecule has 0 bridgehead atoms. The molecule has 1 aliphatic carbocycles. The first-order valence-corrected chi connectivity index (χ1v) is 7.39. The van der Waals surface area contributed by atoms with Gasteiger partial charge in [-0.05, 0) is 55.5 Å². The summed E-state index contributed by atoms with van der Waals surface area (Å²) in [5.41, 5.74) is 2.58. The second-order valence-electron chi connectivity index (χ2n) is 5.69. The van der Waals surface area contributed by atoms with Gasteiger partial charge in [0.1, 0.15) is 0 Å². The number of halogens is 3. The first-order valence-electron chi connectivity index (χ1n) is 7.39. The van der Waals surface area contributed by atoms with Crippen LogP contribution in [0, 0.1) is 17.2 Å². The Balaban J connectivity index is 1.90. The average molecular weight is 317 g/mol. The molecule has 1 aromatic carbocycles. The molecular weight excluding hydrogens is 303 g/mol. The van der Waals surface area contributed by atoms with Crippen LogP contribution in [-0.4, -0.2) is 16.1 Å². The number of hydrogen-bond donors (Lipinski definition) is 0. The topological polar surface area (TPSA) is 49.6 Å². The number of hydrogen-bond acceptors (Lipinski definition) is 3. The molecule has 1 unspecified atom stereocenters. The molecule has 1 atom stereocenters. The van der Waals surface area contributed by atoms with E-state index in [0.717, 1.165) is 5.56 Å². The van der Waals surface area contributed by atoms with Gasteiger partial charge in [-0.15, -0.1) is 0 Å². The molecule has 0 spiro atoms. The number of fused-ring (bicyclic) bond motifs is 1. The molecule has 2 aromatic rings. The van der Waals surface area contributed by atoms with E-state index in [9.17, 15) is 13.2 Å². The largest absolute Gasteiger partial charge is 0.392 e. The molecule has 0 saturated carbocycles. The molecule has 3 nitrogen and oxygen atoms in total. The number of nitriles is 1. The number of rotatable bonds is 1. The van der Waals surface area contributed by atoms with Crippen LogP contribution in [0.4, 0.5) is 13.2 Å². The summed E-state index contributed by atoms with van der Waals surface area (Å²) in [5.74, 6) is -0.827. The van der Waals surface area contributed by atoms with Crippen LogP contribution in [-0.2, 0) is 12.8 Å². The van der Waals surface area contributed by atoms with Gasteiger partial charge in [0, 0.05) is 17.5 Å². The van der Waals surface area contributed by atoms with Crippen LogP contribution >= 0.6 is 0 Å². The van der Waals surface area contributed by atoms with Crippen molar-refractivity contribution >= 4 is 0 Å². The summed E-state index contributed by atoms with van der Waals surface area (Å²) >= 11 is 0. The molecule has 1 aliphatic rings. The Morgan fingerprint density at radius 2 is 1.91 bits per heavy atom. The van der Waals surface area contributed by atoms with Gasteiger partial charge in [0.25, 0.3) is 0 Å².